The predicted molar refractivity (Wildman–Crippen MR) is 68.6 cm³/mol. The van der Waals surface area contributed by atoms with E-state index in [1.165, 1.54) is 38.5 Å². The first-order valence-corrected chi connectivity index (χ1v) is 7.33. The number of ether oxygens (including phenoxy) is 1. The maximum atomic E-state index is 11.6. The maximum absolute atomic E-state index is 11.6. The normalized spacial score (nSPS) is 32.6. The van der Waals surface area contributed by atoms with Gasteiger partial charge in [0, 0.05) is 5.92 Å². The Bertz CT molecular complexity index is 260. The van der Waals surface area contributed by atoms with Crippen LogP contribution in [0.4, 0.5) is 0 Å². The lowest BCUT2D eigenvalue weighted by Gasteiger charge is -2.28. The second-order valence-corrected chi connectivity index (χ2v) is 6.35. The van der Waals surface area contributed by atoms with Gasteiger partial charge in [-0.2, -0.15) is 0 Å². The number of esters is 1. The lowest BCUT2D eigenvalue weighted by atomic mass is 9.74. The fraction of sp³-hybridized carbons (Fsp3) is 0.933. The second kappa shape index (κ2) is 5.88. The quantitative estimate of drug-likeness (QED) is 0.538. The van der Waals surface area contributed by atoms with Crippen LogP contribution in [-0.4, -0.2) is 12.6 Å². The van der Waals surface area contributed by atoms with E-state index in [-0.39, 0.29) is 11.9 Å². The Kier molecular flexibility index (Phi) is 4.47. The van der Waals surface area contributed by atoms with E-state index in [9.17, 15) is 4.79 Å². The number of hydrogen-bond acceptors (Lipinski definition) is 2. The van der Waals surface area contributed by atoms with E-state index in [0.717, 1.165) is 18.3 Å². The summed E-state index contributed by atoms with van der Waals surface area (Å²) in [7, 11) is 0. The van der Waals surface area contributed by atoms with Crippen LogP contribution in [0.25, 0.3) is 0 Å². The van der Waals surface area contributed by atoms with Gasteiger partial charge in [-0.1, -0.05) is 46.0 Å². The third-order valence-electron chi connectivity index (χ3n) is 4.49. The van der Waals surface area contributed by atoms with Gasteiger partial charge in [0.05, 0.1) is 12.5 Å². The van der Waals surface area contributed by atoms with Gasteiger partial charge < -0.3 is 4.74 Å². The molecule has 3 atom stereocenters. The summed E-state index contributed by atoms with van der Waals surface area (Å²) in [5.41, 5.74) is 0. The zero-order valence-electron chi connectivity index (χ0n) is 11.3. The molecule has 0 N–H and O–H groups in total. The highest BCUT2D eigenvalue weighted by molar-refractivity contribution is 5.74. The van der Waals surface area contributed by atoms with Crippen LogP contribution < -0.4 is 0 Å². The van der Waals surface area contributed by atoms with Gasteiger partial charge >= 0.3 is 5.97 Å². The molecule has 0 bridgehead atoms. The molecule has 2 fully saturated rings. The average molecular weight is 238 g/mol. The number of hydrogen-bond donors (Lipinski definition) is 0. The van der Waals surface area contributed by atoms with Gasteiger partial charge in [0.15, 0.2) is 0 Å². The largest absolute Gasteiger partial charge is 0.465 e. The summed E-state index contributed by atoms with van der Waals surface area (Å²) in [6, 6.07) is 0. The molecule has 0 radical (unpaired) electrons. The topological polar surface area (TPSA) is 26.3 Å². The monoisotopic (exact) mass is 238 g/mol. The first-order valence-electron chi connectivity index (χ1n) is 7.33. The van der Waals surface area contributed by atoms with Gasteiger partial charge in [-0.3, -0.25) is 4.79 Å². The third kappa shape index (κ3) is 3.46. The first kappa shape index (κ1) is 12.9. The van der Waals surface area contributed by atoms with Crippen molar-refractivity contribution in [1.82, 2.24) is 0 Å². The molecule has 1 aliphatic heterocycles. The highest BCUT2D eigenvalue weighted by Gasteiger charge is 2.41. The van der Waals surface area contributed by atoms with Crippen LogP contribution in [0.3, 0.4) is 0 Å². The molecular weight excluding hydrogens is 212 g/mol. The molecule has 2 rings (SSSR count). The highest BCUT2D eigenvalue weighted by atomic mass is 16.5. The summed E-state index contributed by atoms with van der Waals surface area (Å²) >= 11 is 0. The van der Waals surface area contributed by atoms with E-state index in [0.29, 0.717) is 12.5 Å². The van der Waals surface area contributed by atoms with Crippen molar-refractivity contribution in [3.05, 3.63) is 0 Å². The van der Waals surface area contributed by atoms with E-state index in [4.69, 9.17) is 4.74 Å². The molecule has 2 heteroatoms. The summed E-state index contributed by atoms with van der Waals surface area (Å²) in [4.78, 5) is 11.6. The number of carbonyl (C=O) groups excluding carboxylic acids is 1. The van der Waals surface area contributed by atoms with Crippen molar-refractivity contribution in [3.63, 3.8) is 0 Å². The fourth-order valence-electron chi connectivity index (χ4n) is 3.35. The minimum absolute atomic E-state index is 0.0851. The molecule has 2 aliphatic rings. The van der Waals surface area contributed by atoms with Gasteiger partial charge in [0.25, 0.3) is 0 Å². The molecule has 0 aromatic heterocycles. The molecular formula is C15H26O2. The van der Waals surface area contributed by atoms with Gasteiger partial charge in [0.1, 0.15) is 0 Å². The third-order valence-corrected chi connectivity index (χ3v) is 4.49. The number of fused-ring (bicyclic) bond motifs is 1. The Hall–Kier alpha value is -0.530. The Balaban J connectivity index is 1.67. The van der Waals surface area contributed by atoms with Crippen LogP contribution in [0.5, 0.6) is 0 Å². The molecule has 0 spiro atoms. The van der Waals surface area contributed by atoms with Crippen molar-refractivity contribution in [2.75, 3.05) is 6.61 Å². The molecule has 0 aromatic carbocycles. The van der Waals surface area contributed by atoms with E-state index in [2.05, 4.69) is 13.8 Å². The van der Waals surface area contributed by atoms with Gasteiger partial charge in [-0.15, -0.1) is 0 Å². The summed E-state index contributed by atoms with van der Waals surface area (Å²) < 4.78 is 5.17. The van der Waals surface area contributed by atoms with Crippen molar-refractivity contribution in [2.45, 2.75) is 58.8 Å². The Morgan fingerprint density at radius 2 is 2.12 bits per heavy atom. The summed E-state index contributed by atoms with van der Waals surface area (Å²) in [5, 5.41) is 0. The van der Waals surface area contributed by atoms with Crippen LogP contribution in [0.1, 0.15) is 58.8 Å². The number of cyclic esters (lactones) is 1. The van der Waals surface area contributed by atoms with E-state index >= 15 is 0 Å². The van der Waals surface area contributed by atoms with Crippen molar-refractivity contribution in [2.24, 2.45) is 23.7 Å². The van der Waals surface area contributed by atoms with Gasteiger partial charge in [-0.05, 0) is 24.7 Å². The zero-order valence-corrected chi connectivity index (χ0v) is 11.3. The Morgan fingerprint density at radius 3 is 2.88 bits per heavy atom. The molecule has 0 aromatic rings. The minimum atomic E-state index is 0.0851. The summed E-state index contributed by atoms with van der Waals surface area (Å²) in [6.45, 7) is 5.28. The smallest absolute Gasteiger partial charge is 0.309 e. The standard InChI is InChI=1S/C15H26O2/c1-11(2)5-3-4-6-12-7-8-13-10-17-15(16)14(13)9-12/h11-14H,3-10H2,1-2H3. The SMILES string of the molecule is CC(C)CCCCC1CCC2COC(=O)C2C1. The average Bonchev–Trinajstić information content (AvgIpc) is 2.66. The molecule has 17 heavy (non-hydrogen) atoms. The summed E-state index contributed by atoms with van der Waals surface area (Å²) in [6.07, 6.45) is 9.00. The van der Waals surface area contributed by atoms with E-state index in [1.54, 1.807) is 0 Å². The van der Waals surface area contributed by atoms with Crippen molar-refractivity contribution in [3.8, 4) is 0 Å². The minimum Gasteiger partial charge on any atom is -0.465 e. The molecule has 1 aliphatic carbocycles. The molecule has 98 valence electrons. The van der Waals surface area contributed by atoms with Crippen LogP contribution in [0.15, 0.2) is 0 Å². The Labute approximate surface area is 105 Å². The summed E-state index contributed by atoms with van der Waals surface area (Å²) in [5.74, 6) is 2.50. The van der Waals surface area contributed by atoms with Crippen LogP contribution in [0, 0.1) is 23.7 Å². The number of unbranched alkanes of at least 4 members (excludes halogenated alkanes) is 1. The fourth-order valence-corrected chi connectivity index (χ4v) is 3.35. The highest BCUT2D eigenvalue weighted by Crippen LogP contribution is 2.40. The van der Waals surface area contributed by atoms with Crippen molar-refractivity contribution in [1.29, 1.82) is 0 Å². The second-order valence-electron chi connectivity index (χ2n) is 6.35. The Morgan fingerprint density at radius 1 is 1.29 bits per heavy atom. The molecule has 1 heterocycles. The predicted octanol–water partition coefficient (Wildman–Crippen LogP) is 3.79. The molecule has 3 unspecified atom stereocenters. The lowest BCUT2D eigenvalue weighted by molar-refractivity contribution is -0.141. The van der Waals surface area contributed by atoms with Crippen LogP contribution in [-0.2, 0) is 9.53 Å². The first-order chi connectivity index (χ1) is 8.16. The molecule has 2 nitrogen and oxygen atoms in total. The van der Waals surface area contributed by atoms with Crippen molar-refractivity contribution < 1.29 is 9.53 Å². The van der Waals surface area contributed by atoms with Crippen LogP contribution in [0.2, 0.25) is 0 Å². The number of rotatable bonds is 5. The van der Waals surface area contributed by atoms with Gasteiger partial charge in [-0.25, -0.2) is 0 Å². The van der Waals surface area contributed by atoms with Crippen LogP contribution >= 0.6 is 0 Å². The molecule has 0 amide bonds. The van der Waals surface area contributed by atoms with Gasteiger partial charge in [0.2, 0.25) is 0 Å². The van der Waals surface area contributed by atoms with E-state index < -0.39 is 0 Å². The maximum Gasteiger partial charge on any atom is 0.309 e. The zero-order chi connectivity index (χ0) is 12.3. The molecule has 1 saturated heterocycles. The van der Waals surface area contributed by atoms with Crippen molar-refractivity contribution >= 4 is 5.97 Å². The molecule has 1 saturated carbocycles. The number of carbonyl (C=O) groups is 1. The van der Waals surface area contributed by atoms with E-state index in [1.807, 2.05) is 0 Å². The lowest BCUT2D eigenvalue weighted by Crippen LogP contribution is -2.25.